The Bertz CT molecular complexity index is 623. The fourth-order valence-corrected chi connectivity index (χ4v) is 4.51. The van der Waals surface area contributed by atoms with Gasteiger partial charge >= 0.3 is 0 Å². The molecule has 134 valence electrons. The maximum atomic E-state index is 12.4. The minimum Gasteiger partial charge on any atom is -0.315 e. The highest BCUT2D eigenvalue weighted by Gasteiger charge is 2.28. The lowest BCUT2D eigenvalue weighted by atomic mass is 10.1. The predicted molar refractivity (Wildman–Crippen MR) is 97.5 cm³/mol. The molecule has 24 heavy (non-hydrogen) atoms. The summed E-state index contributed by atoms with van der Waals surface area (Å²) in [6, 6.07) is 9.45. The van der Waals surface area contributed by atoms with Crippen LogP contribution < -0.4 is 4.90 Å². The SMILES string of the molecule is CN(C(=O)CCN(C1CCCCCC1)S(C)(=O)=O)c1ccccc1. The molecular formula is C18H28N2O3S. The van der Waals surface area contributed by atoms with Crippen molar-refractivity contribution >= 4 is 21.6 Å². The van der Waals surface area contributed by atoms with Crippen molar-refractivity contribution in [3.05, 3.63) is 30.3 Å². The third kappa shape index (κ3) is 5.31. The van der Waals surface area contributed by atoms with Gasteiger partial charge in [-0.25, -0.2) is 8.42 Å². The Labute approximate surface area is 145 Å². The molecule has 0 heterocycles. The molecule has 1 saturated carbocycles. The Morgan fingerprint density at radius 3 is 2.21 bits per heavy atom. The molecule has 2 rings (SSSR count). The Kier molecular flexibility index (Phi) is 6.80. The maximum Gasteiger partial charge on any atom is 0.228 e. The van der Waals surface area contributed by atoms with Crippen molar-refractivity contribution in [3.63, 3.8) is 0 Å². The first-order valence-electron chi connectivity index (χ1n) is 8.68. The highest BCUT2D eigenvalue weighted by atomic mass is 32.2. The topological polar surface area (TPSA) is 57.7 Å². The predicted octanol–water partition coefficient (Wildman–Crippen LogP) is 3.02. The van der Waals surface area contributed by atoms with Crippen LogP contribution in [0.25, 0.3) is 0 Å². The smallest absolute Gasteiger partial charge is 0.228 e. The molecule has 0 saturated heterocycles. The molecule has 6 heteroatoms. The van der Waals surface area contributed by atoms with E-state index < -0.39 is 10.0 Å². The number of amides is 1. The molecule has 0 atom stereocenters. The molecule has 0 unspecified atom stereocenters. The van der Waals surface area contributed by atoms with Crippen molar-refractivity contribution in [3.8, 4) is 0 Å². The van der Waals surface area contributed by atoms with E-state index in [-0.39, 0.29) is 24.9 Å². The van der Waals surface area contributed by atoms with E-state index in [9.17, 15) is 13.2 Å². The van der Waals surface area contributed by atoms with Gasteiger partial charge in [-0.1, -0.05) is 43.9 Å². The van der Waals surface area contributed by atoms with E-state index >= 15 is 0 Å². The van der Waals surface area contributed by atoms with Gasteiger partial charge in [0, 0.05) is 31.7 Å². The summed E-state index contributed by atoms with van der Waals surface area (Å²) in [6.07, 6.45) is 7.72. The highest BCUT2D eigenvalue weighted by molar-refractivity contribution is 7.88. The first-order chi connectivity index (χ1) is 11.4. The average Bonchev–Trinajstić information content (AvgIpc) is 2.83. The molecular weight excluding hydrogens is 324 g/mol. The molecule has 1 aromatic rings. The van der Waals surface area contributed by atoms with Crippen molar-refractivity contribution in [2.24, 2.45) is 0 Å². The largest absolute Gasteiger partial charge is 0.315 e. The van der Waals surface area contributed by atoms with Gasteiger partial charge in [0.15, 0.2) is 0 Å². The molecule has 0 radical (unpaired) electrons. The summed E-state index contributed by atoms with van der Waals surface area (Å²) in [5, 5.41) is 0. The quantitative estimate of drug-likeness (QED) is 0.740. The average molecular weight is 353 g/mol. The summed E-state index contributed by atoms with van der Waals surface area (Å²) in [5.41, 5.74) is 0.822. The van der Waals surface area contributed by atoms with E-state index in [1.165, 1.54) is 19.1 Å². The Balaban J connectivity index is 2.01. The van der Waals surface area contributed by atoms with Gasteiger partial charge in [0.2, 0.25) is 15.9 Å². The number of sulfonamides is 1. The van der Waals surface area contributed by atoms with E-state index in [1.54, 1.807) is 16.3 Å². The second-order valence-electron chi connectivity index (χ2n) is 6.56. The van der Waals surface area contributed by atoms with Gasteiger partial charge in [-0.05, 0) is 25.0 Å². The standard InChI is InChI=1S/C18H28N2O3S/c1-19(16-10-8-5-9-11-16)18(21)14-15-20(24(2,22)23)17-12-6-3-4-7-13-17/h5,8-11,17H,3-4,6-7,12-15H2,1-2H3. The Hall–Kier alpha value is -1.40. The van der Waals surface area contributed by atoms with Gasteiger partial charge in [-0.15, -0.1) is 0 Å². The lowest BCUT2D eigenvalue weighted by Crippen LogP contribution is -2.42. The number of hydrogen-bond donors (Lipinski definition) is 0. The lowest BCUT2D eigenvalue weighted by molar-refractivity contribution is -0.118. The number of carbonyl (C=O) groups is 1. The van der Waals surface area contributed by atoms with Gasteiger partial charge in [-0.3, -0.25) is 4.79 Å². The zero-order valence-corrected chi connectivity index (χ0v) is 15.5. The number of hydrogen-bond acceptors (Lipinski definition) is 3. The summed E-state index contributed by atoms with van der Waals surface area (Å²) in [7, 11) is -1.57. The number of benzene rings is 1. The number of carbonyl (C=O) groups excluding carboxylic acids is 1. The van der Waals surface area contributed by atoms with Crippen LogP contribution in [-0.2, 0) is 14.8 Å². The summed E-state index contributed by atoms with van der Waals surface area (Å²) in [5.74, 6) is -0.0662. The van der Waals surface area contributed by atoms with Gasteiger partial charge < -0.3 is 4.90 Å². The van der Waals surface area contributed by atoms with Gasteiger partial charge in [0.1, 0.15) is 0 Å². The van der Waals surface area contributed by atoms with Crippen LogP contribution in [0.4, 0.5) is 5.69 Å². The van der Waals surface area contributed by atoms with Crippen LogP contribution in [-0.4, -0.2) is 44.5 Å². The monoisotopic (exact) mass is 352 g/mol. The van der Waals surface area contributed by atoms with Crippen LogP contribution in [0.15, 0.2) is 30.3 Å². The van der Waals surface area contributed by atoms with Crippen LogP contribution in [0.2, 0.25) is 0 Å². The normalized spacial score (nSPS) is 16.8. The van der Waals surface area contributed by atoms with Crippen molar-refractivity contribution in [1.82, 2.24) is 4.31 Å². The summed E-state index contributed by atoms with van der Waals surface area (Å²) >= 11 is 0. The minimum atomic E-state index is -3.30. The van der Waals surface area contributed by atoms with Gasteiger partial charge in [-0.2, -0.15) is 4.31 Å². The molecule has 1 aliphatic carbocycles. The van der Waals surface area contributed by atoms with E-state index in [4.69, 9.17) is 0 Å². The maximum absolute atomic E-state index is 12.4. The van der Waals surface area contributed by atoms with Crippen molar-refractivity contribution in [1.29, 1.82) is 0 Å². The van der Waals surface area contributed by atoms with Gasteiger partial charge in [0.05, 0.1) is 6.26 Å². The second kappa shape index (κ2) is 8.62. The number of anilines is 1. The van der Waals surface area contributed by atoms with E-state index in [2.05, 4.69) is 0 Å². The molecule has 1 fully saturated rings. The molecule has 1 aliphatic rings. The highest BCUT2D eigenvalue weighted by Crippen LogP contribution is 2.24. The second-order valence-corrected chi connectivity index (χ2v) is 8.49. The minimum absolute atomic E-state index is 0.0392. The fraction of sp³-hybridized carbons (Fsp3) is 0.611. The van der Waals surface area contributed by atoms with Crippen LogP contribution in [0, 0.1) is 0 Å². The first-order valence-corrected chi connectivity index (χ1v) is 10.5. The molecule has 5 nitrogen and oxygen atoms in total. The van der Waals surface area contributed by atoms with Crippen molar-refractivity contribution < 1.29 is 13.2 Å². The third-order valence-electron chi connectivity index (χ3n) is 4.72. The lowest BCUT2D eigenvalue weighted by Gasteiger charge is -2.29. The zero-order valence-electron chi connectivity index (χ0n) is 14.6. The summed E-state index contributed by atoms with van der Waals surface area (Å²) < 4.78 is 25.9. The van der Waals surface area contributed by atoms with Gasteiger partial charge in [0.25, 0.3) is 0 Å². The van der Waals surface area contributed by atoms with Crippen molar-refractivity contribution in [2.45, 2.75) is 51.0 Å². The molecule has 0 bridgehead atoms. The fourth-order valence-electron chi connectivity index (χ4n) is 3.33. The summed E-state index contributed by atoms with van der Waals surface area (Å²) in [6.45, 7) is 0.263. The van der Waals surface area contributed by atoms with E-state index in [1.807, 2.05) is 30.3 Å². The zero-order chi connectivity index (χ0) is 17.6. The van der Waals surface area contributed by atoms with Crippen LogP contribution in [0.1, 0.15) is 44.9 Å². The molecule has 1 aromatic carbocycles. The van der Waals surface area contributed by atoms with E-state index in [0.717, 1.165) is 31.4 Å². The van der Waals surface area contributed by atoms with Crippen molar-refractivity contribution in [2.75, 3.05) is 24.7 Å². The molecule has 1 amide bonds. The summed E-state index contributed by atoms with van der Waals surface area (Å²) in [4.78, 5) is 14.0. The Morgan fingerprint density at radius 1 is 1.08 bits per heavy atom. The van der Waals surface area contributed by atoms with E-state index in [0.29, 0.717) is 0 Å². The molecule has 0 aliphatic heterocycles. The molecule has 0 aromatic heterocycles. The number of rotatable bonds is 6. The Morgan fingerprint density at radius 2 is 1.67 bits per heavy atom. The molecule has 0 N–H and O–H groups in total. The first kappa shape index (κ1) is 18.9. The van der Waals surface area contributed by atoms with Crippen LogP contribution >= 0.6 is 0 Å². The third-order valence-corrected chi connectivity index (χ3v) is 6.05. The van der Waals surface area contributed by atoms with Crippen LogP contribution in [0.3, 0.4) is 0 Å². The number of nitrogens with zero attached hydrogens (tertiary/aromatic N) is 2. The van der Waals surface area contributed by atoms with Crippen LogP contribution in [0.5, 0.6) is 0 Å². The number of para-hydroxylation sites is 1. The molecule has 0 spiro atoms.